The molecule has 0 aliphatic carbocycles. The number of nitrogens with one attached hydrogen (secondary N) is 2. The number of carbonyl (C=O) groups excluding carboxylic acids is 1. The van der Waals surface area contributed by atoms with E-state index in [4.69, 9.17) is 14.6 Å². The molecule has 6 heteroatoms. The van der Waals surface area contributed by atoms with E-state index >= 15 is 0 Å². The summed E-state index contributed by atoms with van der Waals surface area (Å²) < 4.78 is 10.6. The Morgan fingerprint density at radius 1 is 1.45 bits per heavy atom. The van der Waals surface area contributed by atoms with Gasteiger partial charge >= 0.3 is 0 Å². The minimum Gasteiger partial charge on any atom is -0.490 e. The summed E-state index contributed by atoms with van der Waals surface area (Å²) in [5.41, 5.74) is 1.53. The van der Waals surface area contributed by atoms with Crippen molar-refractivity contribution in [1.29, 1.82) is 0 Å². The predicted molar refractivity (Wildman–Crippen MR) is 75.5 cm³/mol. The van der Waals surface area contributed by atoms with Crippen molar-refractivity contribution in [3.63, 3.8) is 0 Å². The number of fused-ring (bicyclic) bond motifs is 1. The van der Waals surface area contributed by atoms with E-state index < -0.39 is 0 Å². The van der Waals surface area contributed by atoms with Crippen molar-refractivity contribution >= 4 is 11.5 Å². The number of hydrogen-bond acceptors (Lipinski definition) is 6. The van der Waals surface area contributed by atoms with E-state index in [1.165, 1.54) is 0 Å². The van der Waals surface area contributed by atoms with E-state index in [1.54, 1.807) is 6.07 Å². The highest BCUT2D eigenvalue weighted by atomic mass is 16.5. The standard InChI is InChI=1S/C14H20N2O4/c17-5-8-19-6-3-15-10-13(18)11-1-2-14-12(9-11)16-4-7-20-14/h1-2,9,15-17H,3-8,10H2. The third kappa shape index (κ3) is 4.19. The van der Waals surface area contributed by atoms with Crippen molar-refractivity contribution in [2.75, 3.05) is 51.4 Å². The second-order valence-corrected chi connectivity index (χ2v) is 4.42. The van der Waals surface area contributed by atoms with Gasteiger partial charge in [0.1, 0.15) is 12.4 Å². The first-order valence-corrected chi connectivity index (χ1v) is 6.74. The number of Topliss-reactive ketones (excluding diaryl/α,β-unsaturated/α-hetero) is 1. The van der Waals surface area contributed by atoms with Crippen molar-refractivity contribution < 1.29 is 19.4 Å². The number of ether oxygens (including phenoxy) is 2. The smallest absolute Gasteiger partial charge is 0.176 e. The van der Waals surface area contributed by atoms with Crippen LogP contribution in [0.3, 0.4) is 0 Å². The summed E-state index contributed by atoms with van der Waals surface area (Å²) in [5, 5.41) is 14.8. The first kappa shape index (κ1) is 14.8. The van der Waals surface area contributed by atoms with E-state index in [2.05, 4.69) is 10.6 Å². The highest BCUT2D eigenvalue weighted by Crippen LogP contribution is 2.27. The number of benzene rings is 1. The van der Waals surface area contributed by atoms with E-state index in [0.29, 0.717) is 31.9 Å². The van der Waals surface area contributed by atoms with Gasteiger partial charge in [-0.05, 0) is 18.2 Å². The van der Waals surface area contributed by atoms with Crippen LogP contribution < -0.4 is 15.4 Å². The van der Waals surface area contributed by atoms with Crippen molar-refractivity contribution in [1.82, 2.24) is 5.32 Å². The molecule has 1 aliphatic heterocycles. The lowest BCUT2D eigenvalue weighted by Crippen LogP contribution is -2.27. The number of hydrogen-bond donors (Lipinski definition) is 3. The van der Waals surface area contributed by atoms with Crippen LogP contribution in [0.5, 0.6) is 5.75 Å². The molecule has 1 heterocycles. The fourth-order valence-corrected chi connectivity index (χ4v) is 1.93. The van der Waals surface area contributed by atoms with E-state index in [9.17, 15) is 4.79 Å². The predicted octanol–water partition coefficient (Wildman–Crippen LogP) is 0.272. The van der Waals surface area contributed by atoms with Crippen molar-refractivity contribution in [3.05, 3.63) is 23.8 Å². The molecule has 0 spiro atoms. The Bertz CT molecular complexity index is 451. The molecule has 110 valence electrons. The van der Waals surface area contributed by atoms with Crippen LogP contribution in [-0.2, 0) is 4.74 Å². The molecule has 0 saturated carbocycles. The average molecular weight is 280 g/mol. The second kappa shape index (κ2) is 7.84. The Labute approximate surface area is 118 Å². The monoisotopic (exact) mass is 280 g/mol. The lowest BCUT2D eigenvalue weighted by atomic mass is 10.1. The topological polar surface area (TPSA) is 79.8 Å². The summed E-state index contributed by atoms with van der Waals surface area (Å²) in [5.74, 6) is 0.820. The molecule has 1 aromatic carbocycles. The average Bonchev–Trinajstić information content (AvgIpc) is 2.50. The first-order valence-electron chi connectivity index (χ1n) is 6.74. The highest BCUT2D eigenvalue weighted by Gasteiger charge is 2.13. The Morgan fingerprint density at radius 3 is 3.20 bits per heavy atom. The Morgan fingerprint density at radius 2 is 2.35 bits per heavy atom. The molecular weight excluding hydrogens is 260 g/mol. The van der Waals surface area contributed by atoms with Crippen LogP contribution in [0.15, 0.2) is 18.2 Å². The van der Waals surface area contributed by atoms with Crippen LogP contribution in [0.4, 0.5) is 5.69 Å². The van der Waals surface area contributed by atoms with E-state index in [0.717, 1.165) is 18.0 Å². The van der Waals surface area contributed by atoms with E-state index in [-0.39, 0.29) is 18.9 Å². The maximum atomic E-state index is 12.0. The van der Waals surface area contributed by atoms with Gasteiger partial charge in [0.15, 0.2) is 5.78 Å². The van der Waals surface area contributed by atoms with Gasteiger partial charge < -0.3 is 25.2 Å². The van der Waals surface area contributed by atoms with Crippen molar-refractivity contribution in [2.45, 2.75) is 0 Å². The van der Waals surface area contributed by atoms with Gasteiger partial charge in [0.25, 0.3) is 0 Å². The summed E-state index contributed by atoms with van der Waals surface area (Å²) in [7, 11) is 0. The Balaban J connectivity index is 1.77. The highest BCUT2D eigenvalue weighted by molar-refractivity contribution is 5.98. The van der Waals surface area contributed by atoms with Crippen molar-refractivity contribution in [3.8, 4) is 5.75 Å². The molecule has 0 saturated heterocycles. The lowest BCUT2D eigenvalue weighted by molar-refractivity contribution is 0.0906. The van der Waals surface area contributed by atoms with Gasteiger partial charge in [-0.15, -0.1) is 0 Å². The van der Waals surface area contributed by atoms with Crippen LogP contribution in [0.1, 0.15) is 10.4 Å². The molecule has 0 atom stereocenters. The third-order valence-electron chi connectivity index (χ3n) is 2.92. The number of rotatable bonds is 8. The Kier molecular flexibility index (Phi) is 5.79. The molecule has 0 unspecified atom stereocenters. The van der Waals surface area contributed by atoms with Crippen LogP contribution in [0.2, 0.25) is 0 Å². The maximum Gasteiger partial charge on any atom is 0.176 e. The molecule has 1 aliphatic rings. The second-order valence-electron chi connectivity index (χ2n) is 4.42. The molecular formula is C14H20N2O4. The quantitative estimate of drug-likeness (QED) is 0.468. The largest absolute Gasteiger partial charge is 0.490 e. The van der Waals surface area contributed by atoms with Gasteiger partial charge in [-0.25, -0.2) is 0 Å². The van der Waals surface area contributed by atoms with Crippen LogP contribution in [-0.4, -0.2) is 57.0 Å². The van der Waals surface area contributed by atoms with Crippen LogP contribution in [0.25, 0.3) is 0 Å². The van der Waals surface area contributed by atoms with Gasteiger partial charge in [0.2, 0.25) is 0 Å². The Hall–Kier alpha value is -1.63. The molecule has 2 rings (SSSR count). The lowest BCUT2D eigenvalue weighted by Gasteiger charge is -2.19. The van der Waals surface area contributed by atoms with Crippen LogP contribution >= 0.6 is 0 Å². The summed E-state index contributed by atoms with van der Waals surface area (Å²) in [6.45, 7) is 3.07. The van der Waals surface area contributed by atoms with Gasteiger partial charge in [-0.3, -0.25) is 4.79 Å². The normalized spacial score (nSPS) is 13.2. The number of aliphatic hydroxyl groups is 1. The zero-order valence-electron chi connectivity index (χ0n) is 11.4. The molecule has 0 amide bonds. The fourth-order valence-electron chi connectivity index (χ4n) is 1.93. The zero-order chi connectivity index (χ0) is 14.2. The number of ketones is 1. The van der Waals surface area contributed by atoms with Crippen LogP contribution in [0, 0.1) is 0 Å². The number of carbonyl (C=O) groups is 1. The molecule has 6 nitrogen and oxygen atoms in total. The summed E-state index contributed by atoms with van der Waals surface area (Å²) >= 11 is 0. The molecule has 0 fully saturated rings. The van der Waals surface area contributed by atoms with Gasteiger partial charge in [-0.1, -0.05) is 0 Å². The zero-order valence-corrected chi connectivity index (χ0v) is 11.4. The SMILES string of the molecule is O=C(CNCCOCCO)c1ccc2c(c1)NCCO2. The minimum absolute atomic E-state index is 0.0170. The maximum absolute atomic E-state index is 12.0. The number of aliphatic hydroxyl groups excluding tert-OH is 1. The number of anilines is 1. The molecule has 0 bridgehead atoms. The summed E-state index contributed by atoms with van der Waals surface area (Å²) in [6.07, 6.45) is 0. The van der Waals surface area contributed by atoms with Crippen molar-refractivity contribution in [2.24, 2.45) is 0 Å². The van der Waals surface area contributed by atoms with Gasteiger partial charge in [-0.2, -0.15) is 0 Å². The molecule has 3 N–H and O–H groups in total. The minimum atomic E-state index is 0.0170. The molecule has 20 heavy (non-hydrogen) atoms. The molecule has 1 aromatic rings. The third-order valence-corrected chi connectivity index (χ3v) is 2.92. The van der Waals surface area contributed by atoms with E-state index in [1.807, 2.05) is 12.1 Å². The van der Waals surface area contributed by atoms with Gasteiger partial charge in [0, 0.05) is 18.7 Å². The fraction of sp³-hybridized carbons (Fsp3) is 0.500. The summed E-state index contributed by atoms with van der Waals surface area (Å²) in [4.78, 5) is 12.0. The summed E-state index contributed by atoms with van der Waals surface area (Å²) in [6, 6.07) is 5.41. The van der Waals surface area contributed by atoms with Gasteiger partial charge in [0.05, 0.1) is 32.1 Å². The molecule has 0 radical (unpaired) electrons. The molecule has 0 aromatic heterocycles. The first-order chi connectivity index (χ1) is 9.81.